The fraction of sp³-hybridized carbons (Fsp3) is 0.556. The Morgan fingerprint density at radius 2 is 1.76 bits per heavy atom. The average molecular weight is 360 g/mol. The van der Waals surface area contributed by atoms with Gasteiger partial charge in [0.05, 0.1) is 6.61 Å². The Bertz CT molecular complexity index is 619. The molecule has 3 nitrogen and oxygen atoms in total. The lowest BCUT2D eigenvalue weighted by atomic mass is 10.2. The molecule has 0 unspecified atom stereocenters. The van der Waals surface area contributed by atoms with Crippen molar-refractivity contribution < 1.29 is 31.8 Å². The summed E-state index contributed by atoms with van der Waals surface area (Å²) in [6.07, 6.45) is 3.87. The summed E-state index contributed by atoms with van der Waals surface area (Å²) in [6.45, 7) is 0.309. The smallest absolute Gasteiger partial charge is 0.490 e. The zero-order chi connectivity index (χ0) is 17.9. The molecular weight excluding hydrogens is 340 g/mol. The minimum atomic E-state index is -5.01. The Hall–Kier alpha value is -1.92. The van der Waals surface area contributed by atoms with Crippen LogP contribution in [-0.4, -0.2) is 19.6 Å². The second-order valence-corrected chi connectivity index (χ2v) is 6.41. The van der Waals surface area contributed by atoms with E-state index in [1.54, 1.807) is 6.08 Å². The molecule has 7 heteroatoms. The van der Waals surface area contributed by atoms with Gasteiger partial charge in [-0.05, 0) is 43.2 Å². The van der Waals surface area contributed by atoms with Crippen molar-refractivity contribution >= 4 is 0 Å². The molecule has 2 aliphatic carbocycles. The first-order valence-electron chi connectivity index (χ1n) is 8.43. The Balaban J connectivity index is 1.68. The van der Waals surface area contributed by atoms with E-state index in [4.69, 9.17) is 9.47 Å². The van der Waals surface area contributed by atoms with Gasteiger partial charge >= 0.3 is 6.36 Å². The molecule has 0 saturated heterocycles. The van der Waals surface area contributed by atoms with Crippen LogP contribution >= 0.6 is 0 Å². The van der Waals surface area contributed by atoms with Gasteiger partial charge in [0.25, 0.3) is 0 Å². The van der Waals surface area contributed by atoms with Crippen LogP contribution in [-0.2, 0) is 0 Å². The maximum atomic E-state index is 14.4. The highest BCUT2D eigenvalue weighted by atomic mass is 19.4. The van der Waals surface area contributed by atoms with Gasteiger partial charge in [0, 0.05) is 0 Å². The van der Waals surface area contributed by atoms with E-state index >= 15 is 0 Å². The number of ether oxygens (including phenoxy) is 3. The van der Waals surface area contributed by atoms with E-state index in [1.807, 2.05) is 6.08 Å². The van der Waals surface area contributed by atoms with Crippen LogP contribution in [0.3, 0.4) is 0 Å². The summed E-state index contributed by atoms with van der Waals surface area (Å²) in [4.78, 5) is 0. The summed E-state index contributed by atoms with van der Waals surface area (Å²) in [5.74, 6) is -1.66. The van der Waals surface area contributed by atoms with Gasteiger partial charge in [-0.3, -0.25) is 0 Å². The van der Waals surface area contributed by atoms with E-state index in [2.05, 4.69) is 4.74 Å². The molecule has 2 aliphatic rings. The third kappa shape index (κ3) is 5.83. The summed E-state index contributed by atoms with van der Waals surface area (Å²) < 4.78 is 66.6. The van der Waals surface area contributed by atoms with Gasteiger partial charge in [0.15, 0.2) is 11.5 Å². The lowest BCUT2D eigenvalue weighted by molar-refractivity contribution is -0.276. The first-order chi connectivity index (χ1) is 11.9. The Labute approximate surface area is 143 Å². The summed E-state index contributed by atoms with van der Waals surface area (Å²) >= 11 is 0. The highest BCUT2D eigenvalue weighted by molar-refractivity contribution is 5.47. The quantitative estimate of drug-likeness (QED) is 0.445. The van der Waals surface area contributed by atoms with Gasteiger partial charge in [0.2, 0.25) is 11.6 Å². The van der Waals surface area contributed by atoms with Crippen molar-refractivity contribution in [3.05, 3.63) is 30.1 Å². The molecule has 0 heterocycles. The summed E-state index contributed by atoms with van der Waals surface area (Å²) in [7, 11) is 0. The third-order valence-electron chi connectivity index (χ3n) is 4.09. The standard InChI is InChI=1S/C18H20F4O3/c19-16-14(23-10-1-2-12-3-4-12)7-8-15(17(16)25-18(20,21)22)24-11-9-13-5-6-13/h1-2,7-8,12-13H,3-6,9-11H2/b2-1+. The zero-order valence-corrected chi connectivity index (χ0v) is 13.7. The highest BCUT2D eigenvalue weighted by Crippen LogP contribution is 2.40. The van der Waals surface area contributed by atoms with Gasteiger partial charge in [-0.2, -0.15) is 4.39 Å². The average Bonchev–Trinajstić information content (AvgIpc) is 3.42. The molecule has 0 aliphatic heterocycles. The first kappa shape index (κ1) is 17.9. The van der Waals surface area contributed by atoms with Crippen molar-refractivity contribution in [1.29, 1.82) is 0 Å². The van der Waals surface area contributed by atoms with Crippen LogP contribution < -0.4 is 14.2 Å². The van der Waals surface area contributed by atoms with E-state index < -0.39 is 17.9 Å². The van der Waals surface area contributed by atoms with E-state index in [0.717, 1.165) is 32.1 Å². The second kappa shape index (κ2) is 7.54. The monoisotopic (exact) mass is 360 g/mol. The van der Waals surface area contributed by atoms with Crippen LogP contribution in [0, 0.1) is 17.7 Å². The molecule has 2 fully saturated rings. The molecule has 3 rings (SSSR count). The van der Waals surface area contributed by atoms with Gasteiger partial charge in [0.1, 0.15) is 6.61 Å². The molecule has 25 heavy (non-hydrogen) atoms. The van der Waals surface area contributed by atoms with Crippen LogP contribution in [0.2, 0.25) is 0 Å². The van der Waals surface area contributed by atoms with Crippen molar-refractivity contribution in [3.8, 4) is 17.2 Å². The third-order valence-corrected chi connectivity index (χ3v) is 4.09. The largest absolute Gasteiger partial charge is 0.573 e. The van der Waals surface area contributed by atoms with Crippen LogP contribution in [0.25, 0.3) is 0 Å². The minimum Gasteiger partial charge on any atom is -0.490 e. The van der Waals surface area contributed by atoms with E-state index in [1.165, 1.54) is 12.1 Å². The maximum Gasteiger partial charge on any atom is 0.573 e. The Morgan fingerprint density at radius 1 is 1.04 bits per heavy atom. The molecular formula is C18H20F4O3. The van der Waals surface area contributed by atoms with Gasteiger partial charge in [-0.15, -0.1) is 13.2 Å². The normalized spacial score (nSPS) is 17.8. The van der Waals surface area contributed by atoms with E-state index in [9.17, 15) is 17.6 Å². The van der Waals surface area contributed by atoms with Crippen molar-refractivity contribution in [1.82, 2.24) is 0 Å². The number of benzene rings is 1. The van der Waals surface area contributed by atoms with Crippen molar-refractivity contribution in [2.24, 2.45) is 11.8 Å². The number of halogens is 4. The summed E-state index contributed by atoms with van der Waals surface area (Å²) in [6, 6.07) is 2.51. The minimum absolute atomic E-state index is 0.0841. The Kier molecular flexibility index (Phi) is 5.39. The van der Waals surface area contributed by atoms with Crippen molar-refractivity contribution in [2.75, 3.05) is 13.2 Å². The fourth-order valence-corrected chi connectivity index (χ4v) is 2.37. The molecule has 0 bridgehead atoms. The van der Waals surface area contributed by atoms with Crippen LogP contribution in [0.1, 0.15) is 32.1 Å². The van der Waals surface area contributed by atoms with Crippen LogP contribution in [0.5, 0.6) is 17.2 Å². The van der Waals surface area contributed by atoms with Gasteiger partial charge < -0.3 is 14.2 Å². The lowest BCUT2D eigenvalue weighted by Gasteiger charge is -2.16. The molecule has 138 valence electrons. The van der Waals surface area contributed by atoms with Crippen molar-refractivity contribution in [3.63, 3.8) is 0 Å². The van der Waals surface area contributed by atoms with E-state index in [-0.39, 0.29) is 24.7 Å². The molecule has 0 N–H and O–H groups in total. The highest BCUT2D eigenvalue weighted by Gasteiger charge is 2.35. The molecule has 0 radical (unpaired) electrons. The zero-order valence-electron chi connectivity index (χ0n) is 13.7. The lowest BCUT2D eigenvalue weighted by Crippen LogP contribution is -2.19. The summed E-state index contributed by atoms with van der Waals surface area (Å²) in [5.41, 5.74) is 0. The predicted molar refractivity (Wildman–Crippen MR) is 83.3 cm³/mol. The SMILES string of the molecule is Fc1c(OC/C=C/C2CC2)ccc(OCCC2CC2)c1OC(F)(F)F. The predicted octanol–water partition coefficient (Wildman–Crippen LogP) is 5.25. The molecule has 1 aromatic rings. The number of hydrogen-bond donors (Lipinski definition) is 0. The van der Waals surface area contributed by atoms with Crippen LogP contribution in [0.15, 0.2) is 24.3 Å². The molecule has 0 spiro atoms. The number of hydrogen-bond acceptors (Lipinski definition) is 3. The van der Waals surface area contributed by atoms with E-state index in [0.29, 0.717) is 11.8 Å². The van der Waals surface area contributed by atoms with Crippen LogP contribution in [0.4, 0.5) is 17.6 Å². The van der Waals surface area contributed by atoms with Gasteiger partial charge in [-0.25, -0.2) is 0 Å². The number of allylic oxidation sites excluding steroid dienone is 1. The maximum absolute atomic E-state index is 14.4. The Morgan fingerprint density at radius 3 is 2.40 bits per heavy atom. The van der Waals surface area contributed by atoms with Gasteiger partial charge in [-0.1, -0.05) is 25.0 Å². The molecule has 2 saturated carbocycles. The topological polar surface area (TPSA) is 27.7 Å². The molecule has 0 atom stereocenters. The fourth-order valence-electron chi connectivity index (χ4n) is 2.37. The second-order valence-electron chi connectivity index (χ2n) is 6.41. The first-order valence-corrected chi connectivity index (χ1v) is 8.43. The number of rotatable bonds is 9. The summed E-state index contributed by atoms with van der Waals surface area (Å²) in [5, 5.41) is 0. The molecule has 0 aromatic heterocycles. The molecule has 0 amide bonds. The van der Waals surface area contributed by atoms with Crippen molar-refractivity contribution in [2.45, 2.75) is 38.5 Å². The molecule has 1 aromatic carbocycles. The number of alkyl halides is 3.